The number of carbonyl (C=O) groups excluding carboxylic acids is 3. The van der Waals surface area contributed by atoms with E-state index in [0.29, 0.717) is 16.9 Å². The number of aromatic nitrogens is 3. The minimum absolute atomic E-state index is 0.0154. The summed E-state index contributed by atoms with van der Waals surface area (Å²) in [6.07, 6.45) is 1.72. The second-order valence-corrected chi connectivity index (χ2v) is 15.3. The molecule has 2 amide bonds. The number of hydrogen-bond donors (Lipinski definition) is 1. The largest absolute Gasteiger partial charge is 0.495 e. The van der Waals surface area contributed by atoms with E-state index in [1.807, 2.05) is 26.0 Å². The number of amides is 2. The molecule has 0 aliphatic carbocycles. The summed E-state index contributed by atoms with van der Waals surface area (Å²) < 4.78 is 55.4. The van der Waals surface area contributed by atoms with E-state index in [-0.39, 0.29) is 39.9 Å². The average Bonchev–Trinajstić information content (AvgIpc) is 3.54. The third kappa shape index (κ3) is 8.63. The summed E-state index contributed by atoms with van der Waals surface area (Å²) in [7, 11) is -2.31. The van der Waals surface area contributed by atoms with Crippen LogP contribution in [-0.4, -0.2) is 61.1 Å². The van der Waals surface area contributed by atoms with Gasteiger partial charge >= 0.3 is 12.1 Å². The molecule has 278 valence electrons. The summed E-state index contributed by atoms with van der Waals surface area (Å²) >= 11 is 0. The molecule has 5 aromatic rings. The van der Waals surface area contributed by atoms with Gasteiger partial charge in [0, 0.05) is 29.8 Å². The third-order valence-electron chi connectivity index (χ3n) is 9.11. The van der Waals surface area contributed by atoms with Crippen LogP contribution in [0.4, 0.5) is 26.5 Å². The number of methoxy groups -OCH3 is 1. The monoisotopic (exact) mass is 745 g/mol. The molecule has 0 unspecified atom stereocenters. The highest BCUT2D eigenvalue weighted by Crippen LogP contribution is 2.36. The van der Waals surface area contributed by atoms with E-state index in [2.05, 4.69) is 15.4 Å². The minimum Gasteiger partial charge on any atom is -0.495 e. The molecule has 0 spiro atoms. The molecule has 0 saturated heterocycles. The summed E-state index contributed by atoms with van der Waals surface area (Å²) in [6, 6.07) is 20.3. The molecule has 0 aliphatic heterocycles. The highest BCUT2D eigenvalue weighted by Gasteiger charge is 2.34. The van der Waals surface area contributed by atoms with Crippen molar-refractivity contribution in [1.82, 2.24) is 14.6 Å². The van der Waals surface area contributed by atoms with Crippen LogP contribution in [0.1, 0.15) is 46.1 Å². The summed E-state index contributed by atoms with van der Waals surface area (Å²) in [6.45, 7) is 8.23. The van der Waals surface area contributed by atoms with Gasteiger partial charge in [-0.3, -0.25) is 9.59 Å². The van der Waals surface area contributed by atoms with Crippen LogP contribution >= 0.6 is 0 Å². The third-order valence-corrected chi connectivity index (χ3v) is 10.2. The number of nitrogens with one attached hydrogen (secondary N) is 1. The lowest BCUT2D eigenvalue weighted by Gasteiger charge is -2.26. The second-order valence-electron chi connectivity index (χ2n) is 13.2. The zero-order valence-electron chi connectivity index (χ0n) is 30.3. The van der Waals surface area contributed by atoms with Crippen molar-refractivity contribution in [3.63, 3.8) is 0 Å². The molecule has 5 rings (SSSR count). The molecule has 3 aromatic carbocycles. The maximum atomic E-state index is 13.7. The standard InChI is InChI=1S/C38H40FN5O8S/c1-23(2)38(4,5)35(46)51-22-52-37(47)44(31-18-17-30(53(7,48)49)20-32(31)50-6)36-41-33-19-12-27(21-43(33)42-36)26-10-15-29(16-11-26)40-34(45)24(3)25-8-13-28(39)14-9-25/h8-21,23-24H,22H2,1-7H3,(H,40,45)/t24-/m1/s1. The highest BCUT2D eigenvalue weighted by molar-refractivity contribution is 7.90. The Labute approximate surface area is 306 Å². The number of carbonyl (C=O) groups is 3. The number of anilines is 3. The zero-order chi connectivity index (χ0) is 38.7. The molecule has 2 heterocycles. The first-order valence-corrected chi connectivity index (χ1v) is 18.4. The lowest BCUT2D eigenvalue weighted by atomic mass is 9.81. The predicted octanol–water partition coefficient (Wildman–Crippen LogP) is 7.15. The molecule has 2 aromatic heterocycles. The van der Waals surface area contributed by atoms with Crippen molar-refractivity contribution in [1.29, 1.82) is 0 Å². The normalized spacial score (nSPS) is 12.3. The van der Waals surface area contributed by atoms with Gasteiger partial charge in [0.2, 0.25) is 12.7 Å². The molecule has 1 N–H and O–H groups in total. The van der Waals surface area contributed by atoms with E-state index >= 15 is 0 Å². The van der Waals surface area contributed by atoms with Crippen molar-refractivity contribution in [2.24, 2.45) is 11.3 Å². The number of sulfone groups is 1. The molecule has 13 nitrogen and oxygen atoms in total. The minimum atomic E-state index is -3.62. The second kappa shape index (κ2) is 15.4. The lowest BCUT2D eigenvalue weighted by Crippen LogP contribution is -2.34. The van der Waals surface area contributed by atoms with E-state index in [1.165, 1.54) is 42.0 Å². The molecular formula is C38H40FN5O8S. The molecule has 0 bridgehead atoms. The highest BCUT2D eigenvalue weighted by atomic mass is 32.2. The van der Waals surface area contributed by atoms with Gasteiger partial charge in [0.15, 0.2) is 15.5 Å². The molecule has 15 heteroatoms. The number of nitrogens with zero attached hydrogens (tertiary/aromatic N) is 4. The maximum absolute atomic E-state index is 13.7. The van der Waals surface area contributed by atoms with Crippen molar-refractivity contribution in [3.05, 3.63) is 96.4 Å². The van der Waals surface area contributed by atoms with E-state index < -0.39 is 40.0 Å². The number of ether oxygens (including phenoxy) is 3. The van der Waals surface area contributed by atoms with Gasteiger partial charge in [-0.1, -0.05) is 38.1 Å². The van der Waals surface area contributed by atoms with Gasteiger partial charge in [-0.15, -0.1) is 5.10 Å². The number of halogens is 1. The van der Waals surface area contributed by atoms with Crippen LogP contribution < -0.4 is 15.0 Å². The van der Waals surface area contributed by atoms with Gasteiger partial charge < -0.3 is 19.5 Å². The Kier molecular flexibility index (Phi) is 11.2. The Morgan fingerprint density at radius 1 is 0.925 bits per heavy atom. The number of esters is 1. The van der Waals surface area contributed by atoms with Crippen LogP contribution in [-0.2, 0) is 28.9 Å². The van der Waals surface area contributed by atoms with Crippen molar-refractivity contribution >= 4 is 50.8 Å². The van der Waals surface area contributed by atoms with Gasteiger partial charge in [0.1, 0.15) is 11.6 Å². The van der Waals surface area contributed by atoms with Crippen molar-refractivity contribution < 1.29 is 41.4 Å². The Hall–Kier alpha value is -5.83. The molecule has 1 atom stereocenters. The van der Waals surface area contributed by atoms with Crippen molar-refractivity contribution in [2.75, 3.05) is 30.4 Å². The molecule has 0 aliphatic rings. The Morgan fingerprint density at radius 3 is 2.21 bits per heavy atom. The fourth-order valence-electron chi connectivity index (χ4n) is 5.02. The summed E-state index contributed by atoms with van der Waals surface area (Å²) in [5.41, 5.74) is 2.37. The number of benzene rings is 3. The van der Waals surface area contributed by atoms with Gasteiger partial charge in [0.05, 0.1) is 29.0 Å². The van der Waals surface area contributed by atoms with Crippen LogP contribution in [0, 0.1) is 17.2 Å². The quantitative estimate of drug-likeness (QED) is 0.103. The molecular weight excluding hydrogens is 706 g/mol. The van der Waals surface area contributed by atoms with Gasteiger partial charge in [-0.25, -0.2) is 27.0 Å². The maximum Gasteiger partial charge on any atom is 0.424 e. The number of hydrogen-bond acceptors (Lipinski definition) is 10. The Morgan fingerprint density at radius 2 is 1.58 bits per heavy atom. The van der Waals surface area contributed by atoms with Crippen LogP contribution in [0.15, 0.2) is 90.0 Å². The number of pyridine rings is 1. The first-order valence-electron chi connectivity index (χ1n) is 16.5. The number of fused-ring (bicyclic) bond motifs is 1. The Bertz CT molecular complexity index is 2250. The smallest absolute Gasteiger partial charge is 0.424 e. The molecule has 0 radical (unpaired) electrons. The molecule has 0 saturated carbocycles. The molecule has 0 fully saturated rings. The summed E-state index contributed by atoms with van der Waals surface area (Å²) in [5.74, 6) is -1.85. The van der Waals surface area contributed by atoms with Crippen LogP contribution in [0.25, 0.3) is 16.8 Å². The van der Waals surface area contributed by atoms with E-state index in [9.17, 15) is 27.2 Å². The molecule has 53 heavy (non-hydrogen) atoms. The van der Waals surface area contributed by atoms with Gasteiger partial charge in [-0.2, -0.15) is 4.98 Å². The fourth-order valence-corrected chi connectivity index (χ4v) is 5.65. The van der Waals surface area contributed by atoms with Crippen molar-refractivity contribution in [3.8, 4) is 16.9 Å². The van der Waals surface area contributed by atoms with Crippen molar-refractivity contribution in [2.45, 2.75) is 45.4 Å². The van der Waals surface area contributed by atoms with Gasteiger partial charge in [0.25, 0.3) is 5.95 Å². The van der Waals surface area contributed by atoms with E-state index in [4.69, 9.17) is 14.2 Å². The SMILES string of the molecule is COc1cc(S(C)(=O)=O)ccc1N(C(=O)OCOC(=O)C(C)(C)C(C)C)c1nc2ccc(-c3ccc(NC(=O)[C@H](C)c4ccc(F)cc4)cc3)cn2n1. The van der Waals surface area contributed by atoms with Crippen LogP contribution in [0.5, 0.6) is 5.75 Å². The predicted molar refractivity (Wildman–Crippen MR) is 196 cm³/mol. The average molecular weight is 746 g/mol. The van der Waals surface area contributed by atoms with E-state index in [0.717, 1.165) is 22.3 Å². The fraction of sp³-hybridized carbons (Fsp3) is 0.289. The lowest BCUT2D eigenvalue weighted by molar-refractivity contribution is -0.164. The first kappa shape index (κ1) is 38.4. The topological polar surface area (TPSA) is 158 Å². The van der Waals surface area contributed by atoms with Crippen LogP contribution in [0.2, 0.25) is 0 Å². The Balaban J connectivity index is 1.41. The van der Waals surface area contributed by atoms with Crippen LogP contribution in [0.3, 0.4) is 0 Å². The van der Waals surface area contributed by atoms with Gasteiger partial charge in [-0.05, 0) is 86.3 Å². The zero-order valence-corrected chi connectivity index (χ0v) is 31.1. The number of rotatable bonds is 12. The first-order chi connectivity index (χ1) is 25.0. The summed E-state index contributed by atoms with van der Waals surface area (Å²) in [4.78, 5) is 44.7. The van der Waals surface area contributed by atoms with E-state index in [1.54, 1.807) is 63.4 Å². The summed E-state index contributed by atoms with van der Waals surface area (Å²) in [5, 5.41) is 7.41.